The Hall–Kier alpha value is -2.90. The molecule has 2 saturated carbocycles. The van der Waals surface area contributed by atoms with Crippen LogP contribution in [0.1, 0.15) is 73.6 Å². The van der Waals surface area contributed by atoms with Crippen molar-refractivity contribution in [2.45, 2.75) is 75.5 Å². The number of carbonyl (C=O) groups excluding carboxylic acids is 1. The van der Waals surface area contributed by atoms with E-state index < -0.39 is 6.04 Å². The van der Waals surface area contributed by atoms with Gasteiger partial charge in [0.05, 0.1) is 20.3 Å². The molecule has 0 bridgehead atoms. The van der Waals surface area contributed by atoms with Gasteiger partial charge in [-0.3, -0.25) is 4.90 Å². The number of aromatic nitrogens is 1. The number of likely N-dealkylation sites (N-methyl/N-ethyl adjacent to an activating group) is 1. The highest BCUT2D eigenvalue weighted by Crippen LogP contribution is 2.48. The molecule has 2 fully saturated rings. The largest absolute Gasteiger partial charge is 0.496 e. The van der Waals surface area contributed by atoms with Crippen molar-refractivity contribution in [1.82, 2.24) is 9.88 Å². The first kappa shape index (κ1) is 25.7. The van der Waals surface area contributed by atoms with Crippen molar-refractivity contribution in [2.75, 3.05) is 33.2 Å². The molecule has 1 aliphatic heterocycles. The first-order valence-electron chi connectivity index (χ1n) is 13.6. The second-order valence-corrected chi connectivity index (χ2v) is 10.5. The van der Waals surface area contributed by atoms with Gasteiger partial charge in [0.1, 0.15) is 17.6 Å². The van der Waals surface area contributed by atoms with E-state index >= 15 is 0 Å². The van der Waals surface area contributed by atoms with Gasteiger partial charge in [0.15, 0.2) is 0 Å². The number of hydrogen-bond acceptors (Lipinski definition) is 7. The van der Waals surface area contributed by atoms with Crippen LogP contribution in [0, 0.1) is 0 Å². The van der Waals surface area contributed by atoms with Crippen LogP contribution in [0.3, 0.4) is 0 Å². The van der Waals surface area contributed by atoms with Crippen LogP contribution in [0.15, 0.2) is 48.3 Å². The smallest absolute Gasteiger partial charge is 0.327 e. The molecule has 7 heteroatoms. The van der Waals surface area contributed by atoms with Gasteiger partial charge in [0.2, 0.25) is 0 Å². The van der Waals surface area contributed by atoms with Gasteiger partial charge in [0, 0.05) is 30.1 Å². The molecular weight excluding hydrogens is 466 g/mol. The zero-order chi connectivity index (χ0) is 25.8. The lowest BCUT2D eigenvalue weighted by molar-refractivity contribution is -0.150. The lowest BCUT2D eigenvalue weighted by Crippen LogP contribution is -2.49. The van der Waals surface area contributed by atoms with Gasteiger partial charge in [-0.2, -0.15) is 0 Å². The van der Waals surface area contributed by atoms with E-state index in [0.717, 1.165) is 75.1 Å². The molecule has 5 rings (SSSR count). The molecule has 0 spiro atoms. The summed E-state index contributed by atoms with van der Waals surface area (Å²) in [6, 6.07) is 10.00. The molecule has 1 N–H and O–H groups in total. The quantitative estimate of drug-likeness (QED) is 0.307. The Labute approximate surface area is 220 Å². The summed E-state index contributed by atoms with van der Waals surface area (Å²) >= 11 is 0. The van der Waals surface area contributed by atoms with Crippen molar-refractivity contribution >= 4 is 11.8 Å². The third-order valence-electron chi connectivity index (χ3n) is 8.01. The highest BCUT2D eigenvalue weighted by atomic mass is 16.5. The van der Waals surface area contributed by atoms with Crippen LogP contribution in [0.4, 0.5) is 5.82 Å². The lowest BCUT2D eigenvalue weighted by Gasteiger charge is -2.44. The first-order valence-corrected chi connectivity index (χ1v) is 13.6. The topological polar surface area (TPSA) is 72.9 Å². The third-order valence-corrected chi connectivity index (χ3v) is 8.01. The minimum Gasteiger partial charge on any atom is -0.496 e. The average molecular weight is 506 g/mol. The van der Waals surface area contributed by atoms with Crippen LogP contribution in [-0.2, 0) is 20.7 Å². The van der Waals surface area contributed by atoms with Gasteiger partial charge in [-0.1, -0.05) is 24.3 Å². The van der Waals surface area contributed by atoms with E-state index in [4.69, 9.17) is 14.2 Å². The van der Waals surface area contributed by atoms with Gasteiger partial charge >= 0.3 is 5.97 Å². The van der Waals surface area contributed by atoms with Crippen molar-refractivity contribution in [3.63, 3.8) is 0 Å². The number of rotatable bonds is 12. The number of methoxy groups -OCH3 is 2. The molecule has 1 aromatic heterocycles. The first-order chi connectivity index (χ1) is 18.1. The molecule has 37 heavy (non-hydrogen) atoms. The fourth-order valence-corrected chi connectivity index (χ4v) is 5.61. The molecule has 3 aliphatic rings. The normalized spacial score (nSPS) is 21.4. The maximum absolute atomic E-state index is 13.0. The van der Waals surface area contributed by atoms with Gasteiger partial charge in [0.25, 0.3) is 0 Å². The molecule has 0 radical (unpaired) electrons. The Morgan fingerprint density at radius 1 is 1.16 bits per heavy atom. The summed E-state index contributed by atoms with van der Waals surface area (Å²) in [5.74, 6) is 2.11. The number of pyridine rings is 1. The van der Waals surface area contributed by atoms with E-state index in [1.54, 1.807) is 7.11 Å². The number of hydrogen-bond donors (Lipinski definition) is 1. The summed E-state index contributed by atoms with van der Waals surface area (Å²) in [6.45, 7) is 0.769. The maximum atomic E-state index is 13.0. The summed E-state index contributed by atoms with van der Waals surface area (Å²) in [7, 11) is 5.21. The van der Waals surface area contributed by atoms with Gasteiger partial charge in [-0.15, -0.1) is 0 Å². The highest BCUT2D eigenvalue weighted by molar-refractivity contribution is 5.79. The van der Waals surface area contributed by atoms with Crippen LogP contribution in [0.25, 0.3) is 0 Å². The van der Waals surface area contributed by atoms with Crippen LogP contribution in [0.2, 0.25) is 0 Å². The SMILES string of the molecule is COC(=O)C(c1cccc(OC)c1C1CC1)N(C)C1CC(OCCCCC2=CCc3cccnc3N2)C1. The molecular formula is C30H39N3O4. The number of benzene rings is 1. The maximum Gasteiger partial charge on any atom is 0.327 e. The number of anilines is 1. The monoisotopic (exact) mass is 505 g/mol. The van der Waals surface area contributed by atoms with E-state index in [2.05, 4.69) is 33.4 Å². The summed E-state index contributed by atoms with van der Waals surface area (Å²) in [6.07, 6.45) is 12.6. The van der Waals surface area contributed by atoms with Crippen LogP contribution >= 0.6 is 0 Å². The van der Waals surface area contributed by atoms with Crippen molar-refractivity contribution < 1.29 is 19.0 Å². The van der Waals surface area contributed by atoms with Crippen molar-refractivity contribution in [2.24, 2.45) is 0 Å². The second-order valence-electron chi connectivity index (χ2n) is 10.5. The Balaban J connectivity index is 1.09. The highest BCUT2D eigenvalue weighted by Gasteiger charge is 2.41. The minimum absolute atomic E-state index is 0.217. The number of allylic oxidation sites excluding steroid dienone is 2. The number of nitrogens with zero attached hydrogens (tertiary/aromatic N) is 2. The number of unbranched alkanes of at least 4 members (excludes halogenated alkanes) is 1. The number of ether oxygens (including phenoxy) is 3. The molecule has 7 nitrogen and oxygen atoms in total. The zero-order valence-electron chi connectivity index (χ0n) is 22.2. The van der Waals surface area contributed by atoms with E-state index in [0.29, 0.717) is 5.92 Å². The fraction of sp³-hybridized carbons (Fsp3) is 0.533. The second kappa shape index (κ2) is 11.7. The zero-order valence-corrected chi connectivity index (χ0v) is 22.2. The van der Waals surface area contributed by atoms with E-state index in [-0.39, 0.29) is 18.1 Å². The third kappa shape index (κ3) is 5.83. The van der Waals surface area contributed by atoms with Crippen LogP contribution in [0.5, 0.6) is 5.75 Å². The molecule has 1 unspecified atom stereocenters. The van der Waals surface area contributed by atoms with Gasteiger partial charge in [-0.05, 0) is 87.6 Å². The van der Waals surface area contributed by atoms with E-state index in [1.807, 2.05) is 31.4 Å². The molecule has 2 aromatic rings. The predicted molar refractivity (Wildman–Crippen MR) is 144 cm³/mol. The molecule has 1 aromatic carbocycles. The summed E-state index contributed by atoms with van der Waals surface area (Å²) in [5, 5.41) is 3.46. The summed E-state index contributed by atoms with van der Waals surface area (Å²) in [4.78, 5) is 19.6. The Kier molecular flexibility index (Phi) is 8.11. The Morgan fingerprint density at radius 3 is 2.76 bits per heavy atom. The standard InChI is InChI=1S/C30H39N3O4/c1-33(28(30(34)36-3)25-10-6-11-26(35-2)27(25)20-12-13-20)23-18-24(19-23)37-17-5-4-9-22-15-14-21-8-7-16-31-29(21)32-22/h6-8,10-11,15-16,20,23-24,28H,4-5,9,12-14,17-19H2,1-3H3,(H,31,32). The summed E-state index contributed by atoms with van der Waals surface area (Å²) < 4.78 is 17.1. The molecule has 0 amide bonds. The molecule has 1 atom stereocenters. The molecule has 2 heterocycles. The lowest BCUT2D eigenvalue weighted by atomic mass is 9.85. The number of fused-ring (bicyclic) bond motifs is 1. The van der Waals surface area contributed by atoms with E-state index in [1.165, 1.54) is 23.9 Å². The summed E-state index contributed by atoms with van der Waals surface area (Å²) in [5.41, 5.74) is 4.70. The number of esters is 1. The Bertz CT molecular complexity index is 1120. The van der Waals surface area contributed by atoms with E-state index in [9.17, 15) is 4.79 Å². The van der Waals surface area contributed by atoms with Crippen molar-refractivity contribution in [3.05, 3.63) is 65.0 Å². The van der Waals surface area contributed by atoms with Crippen LogP contribution in [-0.4, -0.2) is 55.9 Å². The van der Waals surface area contributed by atoms with Crippen LogP contribution < -0.4 is 10.1 Å². The molecule has 198 valence electrons. The molecule has 0 saturated heterocycles. The van der Waals surface area contributed by atoms with Gasteiger partial charge < -0.3 is 19.5 Å². The average Bonchev–Trinajstić information content (AvgIpc) is 3.74. The minimum atomic E-state index is -0.433. The molecule has 2 aliphatic carbocycles. The van der Waals surface area contributed by atoms with Crippen molar-refractivity contribution in [3.8, 4) is 5.75 Å². The Morgan fingerprint density at radius 2 is 2.00 bits per heavy atom. The number of nitrogens with one attached hydrogen (secondary N) is 1. The van der Waals surface area contributed by atoms with Crippen molar-refractivity contribution in [1.29, 1.82) is 0 Å². The number of carbonyl (C=O) groups is 1. The predicted octanol–water partition coefficient (Wildman–Crippen LogP) is 5.38. The van der Waals surface area contributed by atoms with Gasteiger partial charge in [-0.25, -0.2) is 9.78 Å². The fourth-order valence-electron chi connectivity index (χ4n) is 5.61.